The Kier molecular flexibility index (Phi) is 7.97. The molecule has 0 amide bonds. The van der Waals surface area contributed by atoms with E-state index in [0.717, 1.165) is 25.2 Å². The van der Waals surface area contributed by atoms with Gasteiger partial charge in [0.05, 0.1) is 30.4 Å². The van der Waals surface area contributed by atoms with E-state index in [9.17, 15) is 20.1 Å². The van der Waals surface area contributed by atoms with Gasteiger partial charge in [-0.1, -0.05) is 36.4 Å². The van der Waals surface area contributed by atoms with E-state index in [0.29, 0.717) is 49.1 Å². The van der Waals surface area contributed by atoms with Crippen molar-refractivity contribution in [2.24, 2.45) is 0 Å². The first-order valence-electron chi connectivity index (χ1n) is 11.7. The van der Waals surface area contributed by atoms with Crippen LogP contribution in [0.3, 0.4) is 0 Å². The predicted octanol–water partition coefficient (Wildman–Crippen LogP) is 1.90. The number of rotatable bonds is 10. The highest BCUT2D eigenvalue weighted by Gasteiger charge is 2.32. The number of ether oxygens (including phenoxy) is 1. The molecule has 1 atom stereocenters. The van der Waals surface area contributed by atoms with Gasteiger partial charge in [0.1, 0.15) is 5.75 Å². The molecule has 0 unspecified atom stereocenters. The molecular formula is C26H33N3O5. The highest BCUT2D eigenvalue weighted by atomic mass is 16.5. The number of aliphatic hydroxyl groups excluding tert-OH is 1. The van der Waals surface area contributed by atoms with Crippen molar-refractivity contribution in [1.82, 2.24) is 15.2 Å². The summed E-state index contributed by atoms with van der Waals surface area (Å²) in [6.07, 6.45) is 0.454. The van der Waals surface area contributed by atoms with Gasteiger partial charge in [0, 0.05) is 44.2 Å². The van der Waals surface area contributed by atoms with Gasteiger partial charge in [-0.3, -0.25) is 4.79 Å². The predicted molar refractivity (Wildman–Crippen MR) is 131 cm³/mol. The standard InChI is InChI=1S/C26H33N3O5/c30-22-8-6-20(21-7-9-24(32)28-25(21)22)23(31)16-27-18-26(33)10-12-29(13-11-26)14-15-34-17-19-4-2-1-3-5-19/h1-9,23,27,30-31,33H,10-18H2,(H,28,32)/t23-/m0/s1. The maximum absolute atomic E-state index is 11.6. The molecule has 0 saturated carbocycles. The number of hydrogen-bond acceptors (Lipinski definition) is 7. The fraction of sp³-hybridized carbons (Fsp3) is 0.423. The van der Waals surface area contributed by atoms with Crippen LogP contribution in [0.25, 0.3) is 10.9 Å². The van der Waals surface area contributed by atoms with Crippen LogP contribution in [0.2, 0.25) is 0 Å². The fourth-order valence-electron chi connectivity index (χ4n) is 4.43. The van der Waals surface area contributed by atoms with E-state index in [-0.39, 0.29) is 17.9 Å². The molecular weight excluding hydrogens is 434 g/mol. The second-order valence-electron chi connectivity index (χ2n) is 9.04. The first kappa shape index (κ1) is 24.4. The number of H-pyrrole nitrogens is 1. The molecule has 5 N–H and O–H groups in total. The minimum Gasteiger partial charge on any atom is -0.506 e. The molecule has 4 rings (SSSR count). The van der Waals surface area contributed by atoms with Crippen LogP contribution in [-0.4, -0.2) is 70.1 Å². The van der Waals surface area contributed by atoms with Crippen LogP contribution in [0.4, 0.5) is 0 Å². The Morgan fingerprint density at radius 2 is 1.85 bits per heavy atom. The average molecular weight is 468 g/mol. The van der Waals surface area contributed by atoms with Crippen LogP contribution in [-0.2, 0) is 11.3 Å². The lowest BCUT2D eigenvalue weighted by atomic mass is 9.91. The number of likely N-dealkylation sites (tertiary alicyclic amines) is 1. The number of nitrogens with one attached hydrogen (secondary N) is 2. The maximum atomic E-state index is 11.6. The van der Waals surface area contributed by atoms with Gasteiger partial charge >= 0.3 is 0 Å². The largest absolute Gasteiger partial charge is 0.506 e. The molecule has 0 aliphatic carbocycles. The number of aliphatic hydroxyl groups is 2. The number of piperidine rings is 1. The quantitative estimate of drug-likeness (QED) is 0.289. The normalized spacial score (nSPS) is 17.1. The highest BCUT2D eigenvalue weighted by Crippen LogP contribution is 2.28. The van der Waals surface area contributed by atoms with Gasteiger partial charge in [-0.2, -0.15) is 0 Å². The zero-order chi connectivity index (χ0) is 24.0. The number of fused-ring (bicyclic) bond motifs is 1. The monoisotopic (exact) mass is 467 g/mol. The summed E-state index contributed by atoms with van der Waals surface area (Å²) in [5.41, 5.74) is 0.946. The van der Waals surface area contributed by atoms with E-state index in [1.807, 2.05) is 18.2 Å². The molecule has 1 aliphatic rings. The number of aromatic nitrogens is 1. The Bertz CT molecular complexity index is 1130. The minimum atomic E-state index is -0.848. The highest BCUT2D eigenvalue weighted by molar-refractivity contribution is 5.87. The minimum absolute atomic E-state index is 0.0388. The smallest absolute Gasteiger partial charge is 0.248 e. The molecule has 1 fully saturated rings. The molecule has 1 aromatic heterocycles. The molecule has 0 radical (unpaired) electrons. The average Bonchev–Trinajstić information content (AvgIpc) is 2.84. The van der Waals surface area contributed by atoms with Gasteiger partial charge in [-0.15, -0.1) is 0 Å². The molecule has 3 aromatic rings. The summed E-state index contributed by atoms with van der Waals surface area (Å²) in [5.74, 6) is -0.0388. The second kappa shape index (κ2) is 11.1. The summed E-state index contributed by atoms with van der Waals surface area (Å²) in [6.45, 7) is 4.33. The lowest BCUT2D eigenvalue weighted by Gasteiger charge is -2.38. The lowest BCUT2D eigenvalue weighted by Crippen LogP contribution is -2.50. The fourth-order valence-corrected chi connectivity index (χ4v) is 4.43. The first-order chi connectivity index (χ1) is 16.4. The van der Waals surface area contributed by atoms with Gasteiger partial charge in [-0.05, 0) is 36.1 Å². The van der Waals surface area contributed by atoms with E-state index >= 15 is 0 Å². The van der Waals surface area contributed by atoms with Crippen LogP contribution in [0.1, 0.15) is 30.1 Å². The van der Waals surface area contributed by atoms with Gasteiger partial charge in [0.15, 0.2) is 0 Å². The Hall–Kier alpha value is -2.75. The van der Waals surface area contributed by atoms with Crippen molar-refractivity contribution in [2.45, 2.75) is 31.2 Å². The molecule has 182 valence electrons. The van der Waals surface area contributed by atoms with Gasteiger partial charge in [0.2, 0.25) is 5.56 Å². The number of nitrogens with zero attached hydrogens (tertiary/aromatic N) is 1. The maximum Gasteiger partial charge on any atom is 0.248 e. The summed E-state index contributed by atoms with van der Waals surface area (Å²) in [5, 5.41) is 35.5. The van der Waals surface area contributed by atoms with E-state index in [1.54, 1.807) is 12.1 Å². The van der Waals surface area contributed by atoms with Crippen molar-refractivity contribution in [3.05, 3.63) is 76.1 Å². The number of phenolic OH excluding ortho intramolecular Hbond substituents is 1. The zero-order valence-electron chi connectivity index (χ0n) is 19.2. The van der Waals surface area contributed by atoms with Gasteiger partial charge in [0.25, 0.3) is 0 Å². The molecule has 8 heteroatoms. The van der Waals surface area contributed by atoms with Crippen molar-refractivity contribution < 1.29 is 20.1 Å². The van der Waals surface area contributed by atoms with Crippen LogP contribution in [0.15, 0.2) is 59.4 Å². The van der Waals surface area contributed by atoms with Gasteiger partial charge in [-0.25, -0.2) is 0 Å². The van der Waals surface area contributed by atoms with E-state index in [1.165, 1.54) is 12.1 Å². The third-order valence-electron chi connectivity index (χ3n) is 6.51. The van der Waals surface area contributed by atoms with Crippen molar-refractivity contribution in [2.75, 3.05) is 39.3 Å². The van der Waals surface area contributed by atoms with Gasteiger partial charge < -0.3 is 35.3 Å². The number of aromatic hydroxyl groups is 1. The Labute approximate surface area is 198 Å². The molecule has 1 saturated heterocycles. The van der Waals surface area contributed by atoms with Crippen molar-refractivity contribution in [1.29, 1.82) is 0 Å². The first-order valence-corrected chi connectivity index (χ1v) is 11.7. The SMILES string of the molecule is O=c1ccc2c([C@@H](O)CNCC3(O)CCN(CCOCc4ccccc4)CC3)ccc(O)c2[nH]1. The summed E-state index contributed by atoms with van der Waals surface area (Å²) in [6, 6.07) is 16.2. The number of aromatic amines is 1. The topological polar surface area (TPSA) is 118 Å². The molecule has 0 spiro atoms. The Morgan fingerprint density at radius 3 is 2.62 bits per heavy atom. The number of phenols is 1. The zero-order valence-corrected chi connectivity index (χ0v) is 19.2. The third-order valence-corrected chi connectivity index (χ3v) is 6.51. The summed E-state index contributed by atoms with van der Waals surface area (Å²) in [7, 11) is 0. The molecule has 2 aromatic carbocycles. The van der Waals surface area contributed by atoms with E-state index < -0.39 is 11.7 Å². The lowest BCUT2D eigenvalue weighted by molar-refractivity contribution is -0.0274. The molecule has 1 aliphatic heterocycles. The van der Waals surface area contributed by atoms with E-state index in [2.05, 4.69) is 27.3 Å². The Morgan fingerprint density at radius 1 is 1.09 bits per heavy atom. The van der Waals surface area contributed by atoms with Crippen molar-refractivity contribution in [3.8, 4) is 5.75 Å². The summed E-state index contributed by atoms with van der Waals surface area (Å²) >= 11 is 0. The van der Waals surface area contributed by atoms with Crippen LogP contribution >= 0.6 is 0 Å². The van der Waals surface area contributed by atoms with Crippen molar-refractivity contribution in [3.63, 3.8) is 0 Å². The van der Waals surface area contributed by atoms with Crippen molar-refractivity contribution >= 4 is 10.9 Å². The molecule has 8 nitrogen and oxygen atoms in total. The number of benzene rings is 2. The Balaban J connectivity index is 1.20. The van der Waals surface area contributed by atoms with Crippen LogP contribution < -0.4 is 10.9 Å². The third kappa shape index (κ3) is 6.22. The van der Waals surface area contributed by atoms with Crippen LogP contribution in [0.5, 0.6) is 5.75 Å². The summed E-state index contributed by atoms with van der Waals surface area (Å²) in [4.78, 5) is 16.5. The molecule has 0 bridgehead atoms. The number of hydrogen-bond donors (Lipinski definition) is 5. The van der Waals surface area contributed by atoms with E-state index in [4.69, 9.17) is 4.74 Å². The molecule has 2 heterocycles. The number of pyridine rings is 1. The van der Waals surface area contributed by atoms with Crippen LogP contribution in [0, 0.1) is 0 Å². The second-order valence-corrected chi connectivity index (χ2v) is 9.04. The molecule has 34 heavy (non-hydrogen) atoms. The summed E-state index contributed by atoms with van der Waals surface area (Å²) < 4.78 is 5.77.